The maximum atomic E-state index is 9.76. The topological polar surface area (TPSA) is 40.5 Å². The molecule has 0 fully saturated rings. The van der Waals surface area contributed by atoms with E-state index in [1.54, 1.807) is 6.92 Å². The molecule has 3 unspecified atom stereocenters. The summed E-state index contributed by atoms with van der Waals surface area (Å²) in [5, 5.41) is 19.3. The minimum atomic E-state index is -1.02. The molecule has 11 heavy (non-hydrogen) atoms. The van der Waals surface area contributed by atoms with Crippen molar-refractivity contribution in [2.24, 2.45) is 5.92 Å². The molecule has 2 N–H and O–H groups in total. The van der Waals surface area contributed by atoms with Gasteiger partial charge in [-0.05, 0) is 31.8 Å². The predicted octanol–water partition coefficient (Wildman–Crippen LogP) is 1.08. The van der Waals surface area contributed by atoms with Gasteiger partial charge in [-0.25, -0.2) is 0 Å². The first-order valence-corrected chi connectivity index (χ1v) is 4.04. The lowest BCUT2D eigenvalue weighted by Gasteiger charge is -2.37. The second-order valence-electron chi connectivity index (χ2n) is 3.69. The molecule has 0 aromatic heterocycles. The van der Waals surface area contributed by atoms with Crippen molar-refractivity contribution in [3.63, 3.8) is 0 Å². The first-order chi connectivity index (χ1) is 4.96. The van der Waals surface area contributed by atoms with Crippen LogP contribution in [-0.2, 0) is 0 Å². The minimum absolute atomic E-state index is 0.161. The van der Waals surface area contributed by atoms with Crippen LogP contribution in [0.3, 0.4) is 0 Å². The molecule has 0 saturated heterocycles. The van der Waals surface area contributed by atoms with Crippen LogP contribution in [0.4, 0.5) is 0 Å². The summed E-state index contributed by atoms with van der Waals surface area (Å²) in [6.07, 6.45) is 2.24. The Morgan fingerprint density at radius 3 is 2.64 bits per heavy atom. The van der Waals surface area contributed by atoms with E-state index in [4.69, 9.17) is 0 Å². The van der Waals surface area contributed by atoms with Gasteiger partial charge < -0.3 is 10.2 Å². The summed E-state index contributed by atoms with van der Waals surface area (Å²) >= 11 is 0. The Morgan fingerprint density at radius 1 is 1.64 bits per heavy atom. The lowest BCUT2D eigenvalue weighted by molar-refractivity contribution is -0.0668. The highest BCUT2D eigenvalue weighted by molar-refractivity contribution is 5.19. The standard InChI is InChI=1S/C9H16O2/c1-6-4-5-7(2)9(3,11)8(6)10/h5-6,8,10-11H,4H2,1-3H3. The first kappa shape index (κ1) is 8.75. The smallest absolute Gasteiger partial charge is 0.109 e. The summed E-state index contributed by atoms with van der Waals surface area (Å²) in [4.78, 5) is 0. The van der Waals surface area contributed by atoms with Gasteiger partial charge in [0.1, 0.15) is 5.60 Å². The molecule has 0 aromatic rings. The highest BCUT2D eigenvalue weighted by Gasteiger charge is 2.38. The van der Waals surface area contributed by atoms with Crippen LogP contribution >= 0.6 is 0 Å². The number of hydrogen-bond acceptors (Lipinski definition) is 2. The largest absolute Gasteiger partial charge is 0.389 e. The van der Waals surface area contributed by atoms with E-state index in [9.17, 15) is 10.2 Å². The lowest BCUT2D eigenvalue weighted by Crippen LogP contribution is -2.46. The Kier molecular flexibility index (Phi) is 2.08. The van der Waals surface area contributed by atoms with E-state index < -0.39 is 11.7 Å². The van der Waals surface area contributed by atoms with Crippen molar-refractivity contribution in [3.05, 3.63) is 11.6 Å². The zero-order valence-electron chi connectivity index (χ0n) is 7.33. The van der Waals surface area contributed by atoms with E-state index in [2.05, 4.69) is 0 Å². The second-order valence-corrected chi connectivity index (χ2v) is 3.69. The molecule has 0 aliphatic heterocycles. The van der Waals surface area contributed by atoms with Gasteiger partial charge in [-0.1, -0.05) is 13.0 Å². The van der Waals surface area contributed by atoms with Gasteiger partial charge in [-0.15, -0.1) is 0 Å². The van der Waals surface area contributed by atoms with Gasteiger partial charge in [0.05, 0.1) is 6.10 Å². The molecule has 1 aliphatic carbocycles. The molecule has 0 heterocycles. The Hall–Kier alpha value is -0.340. The molecule has 0 amide bonds. The molecule has 2 nitrogen and oxygen atoms in total. The molecule has 64 valence electrons. The van der Waals surface area contributed by atoms with Gasteiger partial charge in [-0.2, -0.15) is 0 Å². The van der Waals surface area contributed by atoms with E-state index in [1.165, 1.54) is 0 Å². The van der Waals surface area contributed by atoms with Crippen LogP contribution in [0.5, 0.6) is 0 Å². The van der Waals surface area contributed by atoms with Crippen molar-refractivity contribution in [1.82, 2.24) is 0 Å². The number of hydrogen-bond donors (Lipinski definition) is 2. The fourth-order valence-corrected chi connectivity index (χ4v) is 1.49. The molecule has 3 atom stereocenters. The van der Waals surface area contributed by atoms with Crippen LogP contribution < -0.4 is 0 Å². The second kappa shape index (κ2) is 2.61. The number of allylic oxidation sites excluding steroid dienone is 1. The van der Waals surface area contributed by atoms with Crippen molar-refractivity contribution in [2.75, 3.05) is 0 Å². The van der Waals surface area contributed by atoms with Crippen LogP contribution in [-0.4, -0.2) is 21.9 Å². The molecule has 2 heteroatoms. The van der Waals surface area contributed by atoms with Gasteiger partial charge in [-0.3, -0.25) is 0 Å². The molecule has 0 saturated carbocycles. The van der Waals surface area contributed by atoms with Crippen molar-refractivity contribution in [1.29, 1.82) is 0 Å². The zero-order chi connectivity index (χ0) is 8.65. The van der Waals surface area contributed by atoms with Gasteiger partial charge in [0.15, 0.2) is 0 Å². The molecule has 0 radical (unpaired) electrons. The van der Waals surface area contributed by atoms with E-state index in [0.717, 1.165) is 12.0 Å². The van der Waals surface area contributed by atoms with Crippen molar-refractivity contribution in [3.8, 4) is 0 Å². The van der Waals surface area contributed by atoms with Crippen LogP contribution in [0.1, 0.15) is 27.2 Å². The average Bonchev–Trinajstić information content (AvgIpc) is 1.95. The summed E-state index contributed by atoms with van der Waals surface area (Å²) in [6, 6.07) is 0. The molecule has 1 rings (SSSR count). The summed E-state index contributed by atoms with van der Waals surface area (Å²) in [6.45, 7) is 5.47. The molecule has 1 aliphatic rings. The van der Waals surface area contributed by atoms with Gasteiger partial charge >= 0.3 is 0 Å². The zero-order valence-corrected chi connectivity index (χ0v) is 7.33. The third-order valence-electron chi connectivity index (χ3n) is 2.71. The maximum Gasteiger partial charge on any atom is 0.109 e. The van der Waals surface area contributed by atoms with Crippen molar-refractivity contribution >= 4 is 0 Å². The molecular weight excluding hydrogens is 140 g/mol. The Balaban J connectivity index is 2.91. The summed E-state index contributed by atoms with van der Waals surface area (Å²) in [5.74, 6) is 0.161. The SMILES string of the molecule is CC1=CCC(C)C(O)C1(C)O. The highest BCUT2D eigenvalue weighted by Crippen LogP contribution is 2.32. The van der Waals surface area contributed by atoms with E-state index in [1.807, 2.05) is 19.9 Å². The lowest BCUT2D eigenvalue weighted by atomic mass is 9.77. The molecule has 0 spiro atoms. The van der Waals surface area contributed by atoms with Crippen LogP contribution in [0.25, 0.3) is 0 Å². The maximum absolute atomic E-state index is 9.76. The summed E-state index contributed by atoms with van der Waals surface area (Å²) in [5.41, 5.74) is -0.138. The van der Waals surface area contributed by atoms with E-state index in [0.29, 0.717) is 0 Å². The highest BCUT2D eigenvalue weighted by atomic mass is 16.3. The van der Waals surface area contributed by atoms with Crippen LogP contribution in [0.2, 0.25) is 0 Å². The van der Waals surface area contributed by atoms with Gasteiger partial charge in [0, 0.05) is 0 Å². The molecular formula is C9H16O2. The quantitative estimate of drug-likeness (QED) is 0.515. The fourth-order valence-electron chi connectivity index (χ4n) is 1.49. The third-order valence-corrected chi connectivity index (χ3v) is 2.71. The summed E-state index contributed by atoms with van der Waals surface area (Å²) < 4.78 is 0. The first-order valence-electron chi connectivity index (χ1n) is 4.04. The minimum Gasteiger partial charge on any atom is -0.389 e. The average molecular weight is 156 g/mol. The number of aliphatic hydroxyl groups excluding tert-OH is 1. The normalized spacial score (nSPS) is 45.4. The molecule has 0 aromatic carbocycles. The Morgan fingerprint density at radius 2 is 2.18 bits per heavy atom. The van der Waals surface area contributed by atoms with Gasteiger partial charge in [0.2, 0.25) is 0 Å². The summed E-state index contributed by atoms with van der Waals surface area (Å²) in [7, 11) is 0. The van der Waals surface area contributed by atoms with E-state index >= 15 is 0 Å². The van der Waals surface area contributed by atoms with Gasteiger partial charge in [0.25, 0.3) is 0 Å². The monoisotopic (exact) mass is 156 g/mol. The fraction of sp³-hybridized carbons (Fsp3) is 0.778. The number of rotatable bonds is 0. The third kappa shape index (κ3) is 1.33. The number of aliphatic hydroxyl groups is 2. The Bertz CT molecular complexity index is 182. The molecule has 0 bridgehead atoms. The van der Waals surface area contributed by atoms with Crippen molar-refractivity contribution < 1.29 is 10.2 Å². The van der Waals surface area contributed by atoms with Crippen LogP contribution in [0.15, 0.2) is 11.6 Å². The Labute approximate surface area is 67.6 Å². The van der Waals surface area contributed by atoms with E-state index in [-0.39, 0.29) is 5.92 Å². The van der Waals surface area contributed by atoms with Crippen molar-refractivity contribution in [2.45, 2.75) is 38.9 Å². The predicted molar refractivity (Wildman–Crippen MR) is 44.2 cm³/mol. The van der Waals surface area contributed by atoms with Crippen LogP contribution in [0, 0.1) is 5.92 Å².